The van der Waals surface area contributed by atoms with E-state index in [-0.39, 0.29) is 24.3 Å². The number of hydrogen-bond acceptors (Lipinski definition) is 5. The van der Waals surface area contributed by atoms with Gasteiger partial charge in [0.25, 0.3) is 0 Å². The van der Waals surface area contributed by atoms with Crippen LogP contribution in [0.15, 0.2) is 65.5 Å². The molecule has 2 aromatic carbocycles. The van der Waals surface area contributed by atoms with E-state index in [0.717, 1.165) is 14.5 Å². The summed E-state index contributed by atoms with van der Waals surface area (Å²) in [6.07, 6.45) is 4.74. The van der Waals surface area contributed by atoms with Crippen molar-refractivity contribution in [2.45, 2.75) is 45.1 Å². The maximum absolute atomic E-state index is 15.4. The van der Waals surface area contributed by atoms with Gasteiger partial charge in [0.05, 0.1) is 25.0 Å². The molecule has 0 aliphatic heterocycles. The topological polar surface area (TPSA) is 66.5 Å². The summed E-state index contributed by atoms with van der Waals surface area (Å²) in [6, 6.07) is 12.6. The molecule has 35 heavy (non-hydrogen) atoms. The fourth-order valence-electron chi connectivity index (χ4n) is 4.17. The summed E-state index contributed by atoms with van der Waals surface area (Å²) in [5, 5.41) is 0.811. The molecule has 0 spiro atoms. The van der Waals surface area contributed by atoms with Gasteiger partial charge in [0, 0.05) is 39.4 Å². The van der Waals surface area contributed by atoms with Crippen molar-refractivity contribution in [2.75, 3.05) is 6.61 Å². The lowest BCUT2D eigenvalue weighted by molar-refractivity contribution is 0.0502. The zero-order valence-electron chi connectivity index (χ0n) is 20.1. The number of nitrogens with zero attached hydrogens (tertiary/aromatic N) is 2. The van der Waals surface area contributed by atoms with Gasteiger partial charge in [0.1, 0.15) is 11.4 Å². The normalized spacial score (nSPS) is 13.7. The molecule has 0 radical (unpaired) electrons. The zero-order chi connectivity index (χ0) is 25.2. The van der Waals surface area contributed by atoms with Crippen LogP contribution < -0.4 is 0 Å². The average Bonchev–Trinajstić information content (AvgIpc) is 3.45. The molecule has 0 aliphatic carbocycles. The van der Waals surface area contributed by atoms with Crippen LogP contribution in [-0.4, -0.2) is 30.4 Å². The Morgan fingerprint density at radius 2 is 1.97 bits per heavy atom. The lowest BCUT2D eigenvalue weighted by atomic mass is 9.95. The third-order valence-corrected chi connectivity index (χ3v) is 7.55. The first-order valence-corrected chi connectivity index (χ1v) is 16.0. The molecular formula is C26H28FIN2O4Si. The summed E-state index contributed by atoms with van der Waals surface area (Å²) in [6.45, 7) is 8.25. The lowest BCUT2D eigenvalue weighted by Crippen LogP contribution is -2.30. The van der Waals surface area contributed by atoms with E-state index >= 15 is 4.39 Å². The summed E-state index contributed by atoms with van der Waals surface area (Å²) in [4.78, 5) is 17.0. The van der Waals surface area contributed by atoms with Crippen LogP contribution >= 0.6 is 22.6 Å². The summed E-state index contributed by atoms with van der Waals surface area (Å²) in [5.41, 5.74) is 1.95. The third kappa shape index (κ3) is 5.84. The first-order chi connectivity index (χ1) is 16.7. The predicted octanol–water partition coefficient (Wildman–Crippen LogP) is 7.12. The highest BCUT2D eigenvalue weighted by Gasteiger charge is 2.31. The Hall–Kier alpha value is -2.50. The summed E-state index contributed by atoms with van der Waals surface area (Å²) in [7, 11) is -2.10. The second kappa shape index (κ2) is 10.6. The summed E-state index contributed by atoms with van der Waals surface area (Å²) in [5.74, 6) is -0.676. The maximum atomic E-state index is 15.4. The molecule has 0 N–H and O–H groups in total. The van der Waals surface area contributed by atoms with Gasteiger partial charge in [-0.3, -0.25) is 0 Å². The highest BCUT2D eigenvalue weighted by Crippen LogP contribution is 2.38. The van der Waals surface area contributed by atoms with E-state index in [4.69, 9.17) is 13.6 Å². The molecule has 4 aromatic rings. The lowest BCUT2D eigenvalue weighted by Gasteiger charge is -2.31. The Morgan fingerprint density at radius 1 is 1.20 bits per heavy atom. The molecule has 2 aromatic heterocycles. The number of hydrogen-bond donors (Lipinski definition) is 0. The highest BCUT2D eigenvalue weighted by atomic mass is 127. The first kappa shape index (κ1) is 25.6. The van der Waals surface area contributed by atoms with Gasteiger partial charge >= 0.3 is 5.97 Å². The molecule has 6 nitrogen and oxygen atoms in total. The average molecular weight is 607 g/mol. The third-order valence-electron chi connectivity index (χ3n) is 5.58. The molecular weight excluding hydrogens is 578 g/mol. The summed E-state index contributed by atoms with van der Waals surface area (Å²) < 4.78 is 35.4. The van der Waals surface area contributed by atoms with Crippen LogP contribution in [0.1, 0.15) is 47.2 Å². The maximum Gasteiger partial charge on any atom is 0.374 e. The second-order valence-electron chi connectivity index (χ2n) is 9.20. The summed E-state index contributed by atoms with van der Waals surface area (Å²) >= 11 is 2.28. The van der Waals surface area contributed by atoms with Gasteiger partial charge in [-0.1, -0.05) is 18.2 Å². The number of carbonyl (C=O) groups excluding carboxylic acids is 1. The van der Waals surface area contributed by atoms with Gasteiger partial charge in [-0.15, -0.1) is 0 Å². The molecule has 2 atom stereocenters. The number of benzene rings is 2. The molecule has 0 unspecified atom stereocenters. The number of ether oxygens (including phenoxy) is 1. The van der Waals surface area contributed by atoms with Crippen molar-refractivity contribution < 1.29 is 22.8 Å². The van der Waals surface area contributed by atoms with Gasteiger partial charge in [-0.05, 0) is 72.9 Å². The Balaban J connectivity index is 1.84. The SMILES string of the molecule is CCOC(=O)c1nccn1[C@@H](C[C@H](O[Si](C)(C)C)c1cc2ccoc2cc1F)c1ccccc1I. The molecule has 9 heteroatoms. The number of esters is 1. The van der Waals surface area contributed by atoms with Crippen molar-refractivity contribution in [2.24, 2.45) is 0 Å². The molecule has 184 valence electrons. The van der Waals surface area contributed by atoms with Crippen LogP contribution in [-0.2, 0) is 9.16 Å². The number of halogens is 2. The van der Waals surface area contributed by atoms with Gasteiger partial charge in [0.2, 0.25) is 5.82 Å². The van der Waals surface area contributed by atoms with Gasteiger partial charge in [-0.25, -0.2) is 14.2 Å². The molecule has 0 saturated heterocycles. The fraction of sp³-hybridized carbons (Fsp3) is 0.308. The molecule has 0 saturated carbocycles. The largest absolute Gasteiger partial charge is 0.464 e. The minimum atomic E-state index is -2.10. The molecule has 4 rings (SSSR count). The molecule has 2 heterocycles. The predicted molar refractivity (Wildman–Crippen MR) is 143 cm³/mol. The number of rotatable bonds is 9. The van der Waals surface area contributed by atoms with Crippen LogP contribution in [0, 0.1) is 9.39 Å². The Labute approximate surface area is 218 Å². The number of aromatic nitrogens is 2. The van der Waals surface area contributed by atoms with Crippen molar-refractivity contribution in [1.29, 1.82) is 0 Å². The zero-order valence-corrected chi connectivity index (χ0v) is 23.3. The van der Waals surface area contributed by atoms with Crippen LogP contribution in [0.4, 0.5) is 4.39 Å². The van der Waals surface area contributed by atoms with Crippen LogP contribution in [0.5, 0.6) is 0 Å². The molecule has 0 aliphatic rings. The second-order valence-corrected chi connectivity index (χ2v) is 14.8. The standard InChI is InChI=1S/C26H28FIN2O4Si/c1-5-32-26(31)25-29-11-12-30(25)22(18-8-6-7-9-21(18)28)16-24(34-35(2,3)4)19-14-17-10-13-33-23(17)15-20(19)27/h6-15,22,24H,5,16H2,1-4H3/t22-,24-/m0/s1. The molecule has 0 fully saturated rings. The van der Waals surface area contributed by atoms with E-state index < -0.39 is 20.4 Å². The van der Waals surface area contributed by atoms with Crippen molar-refractivity contribution >= 4 is 47.8 Å². The van der Waals surface area contributed by atoms with Crippen LogP contribution in [0.25, 0.3) is 11.0 Å². The van der Waals surface area contributed by atoms with E-state index in [9.17, 15) is 4.79 Å². The van der Waals surface area contributed by atoms with Gasteiger partial charge in [0.15, 0.2) is 8.32 Å². The quantitative estimate of drug-likeness (QED) is 0.115. The van der Waals surface area contributed by atoms with Gasteiger partial charge in [-0.2, -0.15) is 0 Å². The van der Waals surface area contributed by atoms with E-state index in [1.165, 1.54) is 6.07 Å². The van der Waals surface area contributed by atoms with E-state index in [0.29, 0.717) is 17.6 Å². The molecule has 0 bridgehead atoms. The smallest absolute Gasteiger partial charge is 0.374 e. The highest BCUT2D eigenvalue weighted by molar-refractivity contribution is 14.1. The van der Waals surface area contributed by atoms with Crippen LogP contribution in [0.3, 0.4) is 0 Å². The number of imidazole rings is 1. The number of carbonyl (C=O) groups is 1. The first-order valence-electron chi connectivity index (χ1n) is 11.5. The van der Waals surface area contributed by atoms with Gasteiger partial charge < -0.3 is 18.1 Å². The van der Waals surface area contributed by atoms with Crippen molar-refractivity contribution in [1.82, 2.24) is 9.55 Å². The van der Waals surface area contributed by atoms with E-state index in [1.54, 1.807) is 31.6 Å². The van der Waals surface area contributed by atoms with Crippen molar-refractivity contribution in [3.63, 3.8) is 0 Å². The fourth-order valence-corrected chi connectivity index (χ4v) is 5.99. The van der Waals surface area contributed by atoms with E-state index in [1.807, 2.05) is 34.9 Å². The number of fused-ring (bicyclic) bond motifs is 1. The Morgan fingerprint density at radius 3 is 2.69 bits per heavy atom. The minimum absolute atomic E-state index is 0.203. The van der Waals surface area contributed by atoms with Crippen molar-refractivity contribution in [3.8, 4) is 0 Å². The van der Waals surface area contributed by atoms with E-state index in [2.05, 4.69) is 47.2 Å². The minimum Gasteiger partial charge on any atom is -0.464 e. The van der Waals surface area contributed by atoms with Crippen molar-refractivity contribution in [3.05, 3.63) is 87.5 Å². The Bertz CT molecular complexity index is 1330. The van der Waals surface area contributed by atoms with Crippen LogP contribution in [0.2, 0.25) is 19.6 Å². The Kier molecular flexibility index (Phi) is 7.77. The number of furan rings is 1. The molecule has 0 amide bonds. The monoisotopic (exact) mass is 606 g/mol.